The average molecular weight is 604 g/mol. The van der Waals surface area contributed by atoms with Crippen LogP contribution in [0.5, 0.6) is 0 Å². The molecule has 0 aromatic heterocycles. The van der Waals surface area contributed by atoms with Gasteiger partial charge in [-0.25, -0.2) is 0 Å². The van der Waals surface area contributed by atoms with E-state index >= 15 is 0 Å². The van der Waals surface area contributed by atoms with Crippen molar-refractivity contribution in [3.63, 3.8) is 0 Å². The van der Waals surface area contributed by atoms with Gasteiger partial charge in [0.05, 0.1) is 28.0 Å². The standard InChI is InChI=1S/C31H40Cl2N4O4/c1-2-21-10-6-7-15-36(21)16-17-37-27(29(39)34-19-8-4-3-5-9-19)31-14-13-24(41-31)25(26(31)30(37)40)28(38)35-20-11-12-22(32)23(33)18-20/h11-14,18-19,21,24-27H,2-10,15-17H2,1H3,(H,34,39)(H,35,38)/t21-,24+,25-,26+,27-,31+/m1/s1. The molecule has 1 aliphatic carbocycles. The third-order valence-corrected chi connectivity index (χ3v) is 10.7. The summed E-state index contributed by atoms with van der Waals surface area (Å²) < 4.78 is 6.50. The molecule has 3 amide bonds. The Morgan fingerprint density at radius 1 is 1.02 bits per heavy atom. The van der Waals surface area contributed by atoms with Gasteiger partial charge < -0.3 is 20.3 Å². The zero-order chi connectivity index (χ0) is 28.7. The summed E-state index contributed by atoms with van der Waals surface area (Å²) in [5.41, 5.74) is -0.665. The summed E-state index contributed by atoms with van der Waals surface area (Å²) in [4.78, 5) is 46.2. The van der Waals surface area contributed by atoms with Crippen LogP contribution < -0.4 is 10.6 Å². The average Bonchev–Trinajstić information content (AvgIpc) is 3.61. The number of carbonyl (C=O) groups is 3. The molecule has 3 saturated heterocycles. The van der Waals surface area contributed by atoms with Crippen LogP contribution in [-0.2, 0) is 19.1 Å². The number of ether oxygens (including phenoxy) is 1. The molecule has 8 nitrogen and oxygen atoms in total. The zero-order valence-corrected chi connectivity index (χ0v) is 25.1. The molecule has 41 heavy (non-hydrogen) atoms. The van der Waals surface area contributed by atoms with Gasteiger partial charge in [-0.3, -0.25) is 19.3 Å². The molecular formula is C31H40Cl2N4O4. The highest BCUT2D eigenvalue weighted by atomic mass is 35.5. The lowest BCUT2D eigenvalue weighted by atomic mass is 9.74. The Morgan fingerprint density at radius 3 is 2.56 bits per heavy atom. The van der Waals surface area contributed by atoms with Gasteiger partial charge in [-0.2, -0.15) is 0 Å². The van der Waals surface area contributed by atoms with Gasteiger partial charge >= 0.3 is 0 Å². The molecule has 1 saturated carbocycles. The molecule has 2 bridgehead atoms. The van der Waals surface area contributed by atoms with E-state index in [9.17, 15) is 14.4 Å². The number of piperidine rings is 1. The summed E-state index contributed by atoms with van der Waals surface area (Å²) in [5.74, 6) is -2.20. The minimum Gasteiger partial charge on any atom is -0.359 e. The van der Waals surface area contributed by atoms with Crippen LogP contribution in [0.1, 0.15) is 64.7 Å². The van der Waals surface area contributed by atoms with Crippen molar-refractivity contribution in [2.75, 3.05) is 25.0 Å². The molecule has 222 valence electrons. The molecule has 1 aromatic rings. The van der Waals surface area contributed by atoms with Crippen molar-refractivity contribution in [1.29, 1.82) is 0 Å². The second-order valence-corrected chi connectivity index (χ2v) is 13.1. The van der Waals surface area contributed by atoms with Gasteiger partial charge in [0.25, 0.3) is 0 Å². The number of carbonyl (C=O) groups excluding carboxylic acids is 3. The molecule has 0 unspecified atom stereocenters. The number of hydrogen-bond acceptors (Lipinski definition) is 5. The molecule has 0 radical (unpaired) electrons. The summed E-state index contributed by atoms with van der Waals surface area (Å²) in [5, 5.41) is 6.90. The van der Waals surface area contributed by atoms with E-state index in [1.54, 1.807) is 23.1 Å². The summed E-state index contributed by atoms with van der Waals surface area (Å²) in [6.45, 7) is 4.34. The van der Waals surface area contributed by atoms with Crippen LogP contribution in [0.3, 0.4) is 0 Å². The molecule has 5 aliphatic rings. The van der Waals surface area contributed by atoms with Gasteiger partial charge in [-0.05, 0) is 56.8 Å². The molecule has 2 N–H and O–H groups in total. The second-order valence-electron chi connectivity index (χ2n) is 12.3. The summed E-state index contributed by atoms with van der Waals surface area (Å²) >= 11 is 12.2. The summed E-state index contributed by atoms with van der Waals surface area (Å²) in [6.07, 6.45) is 13.0. The van der Waals surface area contributed by atoms with E-state index in [0.29, 0.717) is 34.9 Å². The van der Waals surface area contributed by atoms with Crippen molar-refractivity contribution < 1.29 is 19.1 Å². The smallest absolute Gasteiger partial charge is 0.246 e. The number of fused-ring (bicyclic) bond motifs is 1. The first-order chi connectivity index (χ1) is 19.8. The van der Waals surface area contributed by atoms with Gasteiger partial charge in [0.2, 0.25) is 17.7 Å². The van der Waals surface area contributed by atoms with Crippen LogP contribution >= 0.6 is 23.2 Å². The van der Waals surface area contributed by atoms with E-state index in [2.05, 4.69) is 22.5 Å². The number of benzene rings is 1. The van der Waals surface area contributed by atoms with Crippen LogP contribution in [0.4, 0.5) is 5.69 Å². The number of amides is 3. The summed E-state index contributed by atoms with van der Waals surface area (Å²) in [6, 6.07) is 4.68. The van der Waals surface area contributed by atoms with Crippen molar-refractivity contribution in [1.82, 2.24) is 15.1 Å². The highest BCUT2D eigenvalue weighted by Gasteiger charge is 2.72. The van der Waals surface area contributed by atoms with Gasteiger partial charge in [-0.15, -0.1) is 0 Å². The molecule has 6 atom stereocenters. The maximum atomic E-state index is 14.3. The Kier molecular flexibility index (Phi) is 8.38. The highest BCUT2D eigenvalue weighted by molar-refractivity contribution is 6.42. The van der Waals surface area contributed by atoms with Crippen molar-refractivity contribution in [3.05, 3.63) is 40.4 Å². The Balaban J connectivity index is 1.27. The lowest BCUT2D eigenvalue weighted by Gasteiger charge is -2.38. The van der Waals surface area contributed by atoms with Crippen LogP contribution in [-0.4, -0.2) is 77.0 Å². The monoisotopic (exact) mass is 602 g/mol. The van der Waals surface area contributed by atoms with E-state index in [-0.39, 0.29) is 23.8 Å². The maximum absolute atomic E-state index is 14.3. The molecule has 1 spiro atoms. The van der Waals surface area contributed by atoms with Crippen molar-refractivity contribution in [3.8, 4) is 0 Å². The minimum atomic E-state index is -1.16. The molecule has 10 heteroatoms. The van der Waals surface area contributed by atoms with Crippen molar-refractivity contribution in [2.45, 2.75) is 94.5 Å². The SMILES string of the molecule is CC[C@@H]1CCCCN1CCN1C(=O)[C@@H]2[C@H](C(=O)Nc3ccc(Cl)c(Cl)c3)[C@@H]3C=C[C@@]2(O3)[C@H]1C(=O)NC1CCCCC1. The normalized spacial score (nSPS) is 33.3. The van der Waals surface area contributed by atoms with E-state index < -0.39 is 29.6 Å². The molecule has 4 aliphatic heterocycles. The van der Waals surface area contributed by atoms with E-state index in [4.69, 9.17) is 27.9 Å². The van der Waals surface area contributed by atoms with Gasteiger partial charge in [-0.1, -0.05) is 68.0 Å². The first-order valence-corrected chi connectivity index (χ1v) is 16.1. The van der Waals surface area contributed by atoms with E-state index in [1.165, 1.54) is 12.8 Å². The van der Waals surface area contributed by atoms with Crippen molar-refractivity contribution >= 4 is 46.6 Å². The fraction of sp³-hybridized carbons (Fsp3) is 0.645. The van der Waals surface area contributed by atoms with E-state index in [1.807, 2.05) is 12.2 Å². The Morgan fingerprint density at radius 2 is 1.80 bits per heavy atom. The lowest BCUT2D eigenvalue weighted by Crippen LogP contribution is -2.57. The van der Waals surface area contributed by atoms with Crippen molar-refractivity contribution in [2.24, 2.45) is 11.8 Å². The van der Waals surface area contributed by atoms with Crippen LogP contribution in [0, 0.1) is 11.8 Å². The number of likely N-dealkylation sites (tertiary alicyclic amines) is 2. The molecule has 4 heterocycles. The minimum absolute atomic E-state index is 0.103. The van der Waals surface area contributed by atoms with Crippen LogP contribution in [0.2, 0.25) is 10.0 Å². The van der Waals surface area contributed by atoms with Gasteiger partial charge in [0.15, 0.2) is 0 Å². The van der Waals surface area contributed by atoms with Gasteiger partial charge in [0.1, 0.15) is 11.6 Å². The first kappa shape index (κ1) is 29.0. The molecule has 6 rings (SSSR count). The number of nitrogens with one attached hydrogen (secondary N) is 2. The fourth-order valence-electron chi connectivity index (χ4n) is 7.89. The third-order valence-electron chi connectivity index (χ3n) is 9.91. The Hall–Kier alpha value is -2.13. The van der Waals surface area contributed by atoms with E-state index in [0.717, 1.165) is 51.5 Å². The van der Waals surface area contributed by atoms with Crippen LogP contribution in [0.25, 0.3) is 0 Å². The third kappa shape index (κ3) is 5.30. The predicted octanol–water partition coefficient (Wildman–Crippen LogP) is 4.80. The maximum Gasteiger partial charge on any atom is 0.246 e. The number of halogens is 2. The second kappa shape index (κ2) is 11.9. The number of anilines is 1. The van der Waals surface area contributed by atoms with Gasteiger partial charge in [0, 0.05) is 30.9 Å². The van der Waals surface area contributed by atoms with Crippen LogP contribution in [0.15, 0.2) is 30.4 Å². The highest BCUT2D eigenvalue weighted by Crippen LogP contribution is 2.55. The number of nitrogens with zero attached hydrogens (tertiary/aromatic N) is 2. The predicted molar refractivity (Wildman–Crippen MR) is 159 cm³/mol. The zero-order valence-electron chi connectivity index (χ0n) is 23.6. The topological polar surface area (TPSA) is 91.0 Å². The largest absolute Gasteiger partial charge is 0.359 e. The quantitative estimate of drug-likeness (QED) is 0.417. The molecule has 1 aromatic carbocycles. The molecule has 4 fully saturated rings. The Bertz CT molecular complexity index is 1220. The summed E-state index contributed by atoms with van der Waals surface area (Å²) in [7, 11) is 0. The fourth-order valence-corrected chi connectivity index (χ4v) is 8.19. The number of hydrogen-bond donors (Lipinski definition) is 2. The Labute approximate surface area is 252 Å². The first-order valence-electron chi connectivity index (χ1n) is 15.3. The number of rotatable bonds is 8. The lowest BCUT2D eigenvalue weighted by molar-refractivity contribution is -0.141. The molecular weight excluding hydrogens is 563 g/mol.